The molecule has 0 fully saturated rings. The second-order valence-electron chi connectivity index (χ2n) is 8.77. The number of aromatic nitrogens is 1. The van der Waals surface area contributed by atoms with E-state index in [0.29, 0.717) is 23.4 Å². The van der Waals surface area contributed by atoms with Crippen molar-refractivity contribution >= 4 is 17.6 Å². The lowest BCUT2D eigenvalue weighted by Gasteiger charge is -2.16. The van der Waals surface area contributed by atoms with Gasteiger partial charge in [0.1, 0.15) is 0 Å². The van der Waals surface area contributed by atoms with E-state index in [1.165, 1.54) is 25.7 Å². The van der Waals surface area contributed by atoms with Crippen molar-refractivity contribution in [3.63, 3.8) is 0 Å². The van der Waals surface area contributed by atoms with Crippen molar-refractivity contribution < 1.29 is 14.3 Å². The molecule has 0 spiro atoms. The average molecular weight is 474 g/mol. The summed E-state index contributed by atoms with van der Waals surface area (Å²) in [4.78, 5) is 29.5. The Bertz CT molecular complexity index is 1110. The predicted molar refractivity (Wildman–Crippen MR) is 140 cm³/mol. The smallest absolute Gasteiger partial charge is 0.338 e. The number of carbonyl (C=O) groups excluding carboxylic acids is 2. The molecule has 0 saturated carbocycles. The second kappa shape index (κ2) is 13.4. The standard InChI is InChI=1S/C29H35N3O3/c1-3-4-5-6-7-8-18-35-29(34)24-11-9-10-22(19-24)27-20-23(12-13-26(27)21(2)30)28(33)32-25-14-16-31-17-15-25/h9-17,19-21H,3-8,18,30H2,1-2H3,(H,31,32,33). The van der Waals surface area contributed by atoms with E-state index in [0.717, 1.165) is 29.5 Å². The Morgan fingerprint density at radius 1 is 0.943 bits per heavy atom. The third-order valence-electron chi connectivity index (χ3n) is 5.88. The van der Waals surface area contributed by atoms with Crippen LogP contribution in [-0.4, -0.2) is 23.5 Å². The SMILES string of the molecule is CCCCCCCCOC(=O)c1cccc(-c2cc(C(=O)Nc3ccncc3)ccc2C(C)N)c1. The van der Waals surface area contributed by atoms with E-state index in [9.17, 15) is 9.59 Å². The zero-order chi connectivity index (χ0) is 25.0. The summed E-state index contributed by atoms with van der Waals surface area (Å²) in [5, 5.41) is 2.88. The first-order valence-corrected chi connectivity index (χ1v) is 12.4. The number of nitrogens with one attached hydrogen (secondary N) is 1. The maximum absolute atomic E-state index is 12.8. The van der Waals surface area contributed by atoms with Gasteiger partial charge in [-0.05, 0) is 66.4 Å². The minimum atomic E-state index is -0.339. The van der Waals surface area contributed by atoms with Gasteiger partial charge >= 0.3 is 5.97 Å². The number of nitrogens with zero attached hydrogens (tertiary/aromatic N) is 1. The summed E-state index contributed by atoms with van der Waals surface area (Å²) in [7, 11) is 0. The highest BCUT2D eigenvalue weighted by Gasteiger charge is 2.16. The van der Waals surface area contributed by atoms with Crippen LogP contribution in [-0.2, 0) is 4.74 Å². The minimum Gasteiger partial charge on any atom is -0.462 e. The van der Waals surface area contributed by atoms with E-state index in [4.69, 9.17) is 10.5 Å². The second-order valence-corrected chi connectivity index (χ2v) is 8.77. The van der Waals surface area contributed by atoms with Crippen molar-refractivity contribution in [3.8, 4) is 11.1 Å². The molecule has 1 heterocycles. The summed E-state index contributed by atoms with van der Waals surface area (Å²) < 4.78 is 5.50. The Labute approximate surface area is 207 Å². The predicted octanol–water partition coefficient (Wildman–Crippen LogP) is 6.54. The summed E-state index contributed by atoms with van der Waals surface area (Å²) in [5.41, 5.74) is 10.4. The number of carbonyl (C=O) groups is 2. The van der Waals surface area contributed by atoms with Gasteiger partial charge in [0.05, 0.1) is 12.2 Å². The van der Waals surface area contributed by atoms with Gasteiger partial charge in [-0.3, -0.25) is 9.78 Å². The summed E-state index contributed by atoms with van der Waals surface area (Å²) in [6, 6.07) is 15.9. The van der Waals surface area contributed by atoms with Crippen LogP contribution in [0, 0.1) is 0 Å². The molecule has 1 amide bonds. The van der Waals surface area contributed by atoms with Gasteiger partial charge in [0, 0.05) is 29.7 Å². The van der Waals surface area contributed by atoms with Crippen LogP contribution in [0.15, 0.2) is 67.0 Å². The summed E-state index contributed by atoms with van der Waals surface area (Å²) in [6.45, 7) is 4.51. The lowest BCUT2D eigenvalue weighted by Crippen LogP contribution is -2.14. The minimum absolute atomic E-state index is 0.233. The highest BCUT2D eigenvalue weighted by molar-refractivity contribution is 6.05. The van der Waals surface area contributed by atoms with E-state index in [-0.39, 0.29) is 17.9 Å². The van der Waals surface area contributed by atoms with Crippen molar-refractivity contribution in [2.75, 3.05) is 11.9 Å². The van der Waals surface area contributed by atoms with Crippen LogP contribution in [0.25, 0.3) is 11.1 Å². The van der Waals surface area contributed by atoms with Crippen LogP contribution in [0.2, 0.25) is 0 Å². The zero-order valence-corrected chi connectivity index (χ0v) is 20.6. The number of unbranched alkanes of at least 4 members (excludes halogenated alkanes) is 5. The molecular weight excluding hydrogens is 438 g/mol. The molecule has 0 aliphatic heterocycles. The molecule has 3 rings (SSSR count). The molecule has 6 heteroatoms. The molecule has 0 aliphatic carbocycles. The fraction of sp³-hybridized carbons (Fsp3) is 0.345. The molecule has 6 nitrogen and oxygen atoms in total. The van der Waals surface area contributed by atoms with Crippen LogP contribution in [0.1, 0.15) is 84.7 Å². The fourth-order valence-electron chi connectivity index (χ4n) is 3.93. The van der Waals surface area contributed by atoms with E-state index in [1.54, 1.807) is 42.7 Å². The molecule has 1 atom stereocenters. The van der Waals surface area contributed by atoms with E-state index in [1.807, 2.05) is 31.2 Å². The topological polar surface area (TPSA) is 94.3 Å². The summed E-state index contributed by atoms with van der Waals surface area (Å²) in [6.07, 6.45) is 10.1. The molecule has 35 heavy (non-hydrogen) atoms. The molecule has 1 aromatic heterocycles. The van der Waals surface area contributed by atoms with Gasteiger partial charge in [-0.25, -0.2) is 4.79 Å². The Morgan fingerprint density at radius 2 is 1.69 bits per heavy atom. The largest absolute Gasteiger partial charge is 0.462 e. The quantitative estimate of drug-likeness (QED) is 0.230. The molecule has 0 saturated heterocycles. The number of pyridine rings is 1. The van der Waals surface area contributed by atoms with Gasteiger partial charge < -0.3 is 15.8 Å². The van der Waals surface area contributed by atoms with Crippen LogP contribution in [0.5, 0.6) is 0 Å². The average Bonchev–Trinajstić information content (AvgIpc) is 2.88. The number of amides is 1. The molecule has 0 aliphatic rings. The maximum atomic E-state index is 12.8. The first-order chi connectivity index (χ1) is 17.0. The van der Waals surface area contributed by atoms with Gasteiger partial charge in [-0.15, -0.1) is 0 Å². The Hall–Kier alpha value is -3.51. The van der Waals surface area contributed by atoms with Crippen molar-refractivity contribution in [2.24, 2.45) is 5.73 Å². The Kier molecular flexibility index (Phi) is 9.99. The molecule has 184 valence electrons. The maximum Gasteiger partial charge on any atom is 0.338 e. The van der Waals surface area contributed by atoms with Gasteiger partial charge in [0.15, 0.2) is 0 Å². The third kappa shape index (κ3) is 7.76. The van der Waals surface area contributed by atoms with E-state index < -0.39 is 0 Å². The van der Waals surface area contributed by atoms with Crippen LogP contribution in [0.3, 0.4) is 0 Å². The Morgan fingerprint density at radius 3 is 2.43 bits per heavy atom. The monoisotopic (exact) mass is 473 g/mol. The molecular formula is C29H35N3O3. The van der Waals surface area contributed by atoms with Crippen molar-refractivity contribution in [1.29, 1.82) is 0 Å². The zero-order valence-electron chi connectivity index (χ0n) is 20.6. The Balaban J connectivity index is 1.74. The number of hydrogen-bond donors (Lipinski definition) is 2. The highest BCUT2D eigenvalue weighted by Crippen LogP contribution is 2.30. The van der Waals surface area contributed by atoms with Gasteiger partial charge in [-0.2, -0.15) is 0 Å². The van der Waals surface area contributed by atoms with Crippen LogP contribution in [0.4, 0.5) is 5.69 Å². The van der Waals surface area contributed by atoms with E-state index >= 15 is 0 Å². The lowest BCUT2D eigenvalue weighted by atomic mass is 9.92. The first-order valence-electron chi connectivity index (χ1n) is 12.4. The molecule has 3 N–H and O–H groups in total. The van der Waals surface area contributed by atoms with Gasteiger partial charge in [0.2, 0.25) is 0 Å². The fourth-order valence-corrected chi connectivity index (χ4v) is 3.93. The molecule has 0 radical (unpaired) electrons. The lowest BCUT2D eigenvalue weighted by molar-refractivity contribution is 0.0497. The van der Waals surface area contributed by atoms with Crippen molar-refractivity contribution in [2.45, 2.75) is 58.4 Å². The number of nitrogens with two attached hydrogens (primary N) is 1. The molecule has 1 unspecified atom stereocenters. The molecule has 2 aromatic carbocycles. The number of hydrogen-bond acceptors (Lipinski definition) is 5. The van der Waals surface area contributed by atoms with Crippen LogP contribution >= 0.6 is 0 Å². The normalized spacial score (nSPS) is 11.6. The van der Waals surface area contributed by atoms with Gasteiger partial charge in [0.25, 0.3) is 5.91 Å². The number of benzene rings is 2. The number of rotatable bonds is 12. The third-order valence-corrected chi connectivity index (χ3v) is 5.88. The summed E-state index contributed by atoms with van der Waals surface area (Å²) >= 11 is 0. The van der Waals surface area contributed by atoms with E-state index in [2.05, 4.69) is 17.2 Å². The molecule has 3 aromatic rings. The van der Waals surface area contributed by atoms with Crippen LogP contribution < -0.4 is 11.1 Å². The summed E-state index contributed by atoms with van der Waals surface area (Å²) in [5.74, 6) is -0.572. The number of anilines is 1. The van der Waals surface area contributed by atoms with Gasteiger partial charge in [-0.1, -0.05) is 57.2 Å². The number of ether oxygens (including phenoxy) is 1. The highest BCUT2D eigenvalue weighted by atomic mass is 16.5. The van der Waals surface area contributed by atoms with Crippen molar-refractivity contribution in [3.05, 3.63) is 83.7 Å². The van der Waals surface area contributed by atoms with Crippen molar-refractivity contribution in [1.82, 2.24) is 4.98 Å². The number of esters is 1. The first kappa shape index (κ1) is 26.1. The molecule has 0 bridgehead atoms.